The highest BCUT2D eigenvalue weighted by atomic mass is 32.2. The summed E-state index contributed by atoms with van der Waals surface area (Å²) in [6.07, 6.45) is 3.38. The molecule has 2 aromatic carbocycles. The number of pyridine rings is 1. The number of hydrogen-bond acceptors (Lipinski definition) is 7. The van der Waals surface area contributed by atoms with Gasteiger partial charge in [0, 0.05) is 23.6 Å². The molecule has 4 rings (SSSR count). The number of aryl methyl sites for hydroxylation is 1. The van der Waals surface area contributed by atoms with Crippen LogP contribution in [0.1, 0.15) is 12.5 Å². The van der Waals surface area contributed by atoms with E-state index >= 15 is 0 Å². The van der Waals surface area contributed by atoms with Crippen molar-refractivity contribution in [2.75, 3.05) is 5.32 Å². The van der Waals surface area contributed by atoms with Crippen LogP contribution in [0.5, 0.6) is 0 Å². The molecule has 0 aliphatic rings. The second-order valence-electron chi connectivity index (χ2n) is 7.48. The minimum Gasteiger partial charge on any atom is -0.325 e. The van der Waals surface area contributed by atoms with Gasteiger partial charge in [-0.1, -0.05) is 30.0 Å². The molecule has 3 N–H and O–H groups in total. The fourth-order valence-electron chi connectivity index (χ4n) is 3.25. The lowest BCUT2D eigenvalue weighted by molar-refractivity contribution is -0.115. The number of para-hydroxylation sites is 1. The molecule has 34 heavy (non-hydrogen) atoms. The molecule has 0 aliphatic heterocycles. The van der Waals surface area contributed by atoms with E-state index < -0.39 is 15.3 Å². The molecule has 2 heterocycles. The van der Waals surface area contributed by atoms with Crippen molar-refractivity contribution in [3.8, 4) is 17.1 Å². The van der Waals surface area contributed by atoms with Gasteiger partial charge in [-0.2, -0.15) is 0 Å². The van der Waals surface area contributed by atoms with Gasteiger partial charge in [0.2, 0.25) is 15.9 Å². The molecule has 2 aromatic heterocycles. The van der Waals surface area contributed by atoms with Crippen LogP contribution in [-0.2, 0) is 14.8 Å². The lowest BCUT2D eigenvalue weighted by Crippen LogP contribution is -2.23. The molecular weight excluding hydrogens is 472 g/mol. The number of amides is 1. The van der Waals surface area contributed by atoms with Crippen molar-refractivity contribution in [2.24, 2.45) is 5.14 Å². The zero-order chi connectivity index (χ0) is 24.3. The number of thioether (sulfide) groups is 1. The first-order chi connectivity index (χ1) is 16.2. The van der Waals surface area contributed by atoms with Gasteiger partial charge in [-0.3, -0.25) is 14.3 Å². The molecule has 0 spiro atoms. The normalized spacial score (nSPS) is 12.3. The molecule has 11 heteroatoms. The van der Waals surface area contributed by atoms with Crippen LogP contribution in [0.15, 0.2) is 83.1 Å². The van der Waals surface area contributed by atoms with E-state index in [-0.39, 0.29) is 10.8 Å². The Hall–Kier alpha value is -3.54. The van der Waals surface area contributed by atoms with Crippen molar-refractivity contribution in [1.82, 2.24) is 19.7 Å². The Labute approximate surface area is 201 Å². The van der Waals surface area contributed by atoms with Crippen LogP contribution in [0.3, 0.4) is 0 Å². The number of rotatable bonds is 7. The molecule has 0 radical (unpaired) electrons. The molecule has 0 fully saturated rings. The third kappa shape index (κ3) is 5.16. The Morgan fingerprint density at radius 3 is 2.35 bits per heavy atom. The molecule has 1 atom stereocenters. The summed E-state index contributed by atoms with van der Waals surface area (Å²) in [5, 5.41) is 16.7. The van der Waals surface area contributed by atoms with E-state index in [0.717, 1.165) is 16.8 Å². The number of aromatic nitrogens is 4. The molecule has 0 saturated carbocycles. The van der Waals surface area contributed by atoms with Crippen molar-refractivity contribution in [3.63, 3.8) is 0 Å². The molecule has 0 saturated heterocycles. The highest BCUT2D eigenvalue weighted by Crippen LogP contribution is 2.31. The van der Waals surface area contributed by atoms with Crippen LogP contribution >= 0.6 is 11.8 Å². The zero-order valence-corrected chi connectivity index (χ0v) is 20.0. The minimum absolute atomic E-state index is 0.0251. The number of carbonyl (C=O) groups excluding carboxylic acids is 1. The smallest absolute Gasteiger partial charge is 0.238 e. The van der Waals surface area contributed by atoms with Crippen molar-refractivity contribution in [3.05, 3.63) is 78.6 Å². The number of nitrogens with two attached hydrogens (primary N) is 1. The van der Waals surface area contributed by atoms with Crippen molar-refractivity contribution < 1.29 is 13.2 Å². The topological polar surface area (TPSA) is 133 Å². The maximum Gasteiger partial charge on any atom is 0.238 e. The first-order valence-electron chi connectivity index (χ1n) is 10.3. The van der Waals surface area contributed by atoms with Crippen LogP contribution in [-0.4, -0.2) is 39.3 Å². The Morgan fingerprint density at radius 1 is 1.03 bits per heavy atom. The van der Waals surface area contributed by atoms with Crippen molar-refractivity contribution in [2.45, 2.75) is 29.1 Å². The second kappa shape index (κ2) is 9.75. The van der Waals surface area contributed by atoms with Gasteiger partial charge < -0.3 is 5.32 Å². The molecule has 0 aliphatic carbocycles. The number of anilines is 1. The quantitative estimate of drug-likeness (QED) is 0.376. The van der Waals surface area contributed by atoms with Gasteiger partial charge in [-0.05, 0) is 61.9 Å². The summed E-state index contributed by atoms with van der Waals surface area (Å²) in [5.41, 5.74) is 3.26. The maximum absolute atomic E-state index is 12.8. The molecule has 0 bridgehead atoms. The minimum atomic E-state index is -3.80. The third-order valence-corrected chi connectivity index (χ3v) is 7.00. The standard InChI is InChI=1S/C23H22N6O3S2/c1-15-5-3-4-6-20(15)29-21(17-11-13-25-14-12-17)27-28-23(29)33-16(2)22(30)26-18-7-9-19(10-8-18)34(24,31)32/h3-14,16H,1-2H3,(H,26,30)(H2,24,31,32). The first kappa shape index (κ1) is 23.6. The lowest BCUT2D eigenvalue weighted by atomic mass is 10.2. The van der Waals surface area contributed by atoms with Gasteiger partial charge >= 0.3 is 0 Å². The average Bonchev–Trinajstić information content (AvgIpc) is 3.23. The number of carbonyl (C=O) groups is 1. The van der Waals surface area contributed by atoms with E-state index in [1.807, 2.05) is 47.9 Å². The highest BCUT2D eigenvalue weighted by Gasteiger charge is 2.23. The Balaban J connectivity index is 1.60. The summed E-state index contributed by atoms with van der Waals surface area (Å²) < 4.78 is 24.8. The summed E-state index contributed by atoms with van der Waals surface area (Å²) in [5.74, 6) is 0.378. The number of nitrogens with one attached hydrogen (secondary N) is 1. The van der Waals surface area contributed by atoms with Crippen LogP contribution in [0, 0.1) is 6.92 Å². The van der Waals surface area contributed by atoms with Crippen molar-refractivity contribution >= 4 is 33.4 Å². The van der Waals surface area contributed by atoms with Gasteiger partial charge in [0.25, 0.3) is 0 Å². The summed E-state index contributed by atoms with van der Waals surface area (Å²) in [6.45, 7) is 3.77. The molecule has 1 amide bonds. The zero-order valence-electron chi connectivity index (χ0n) is 18.4. The summed E-state index contributed by atoms with van der Waals surface area (Å²) in [7, 11) is -3.80. The van der Waals surface area contributed by atoms with Crippen LogP contribution in [0.25, 0.3) is 17.1 Å². The third-order valence-electron chi connectivity index (χ3n) is 5.03. The maximum atomic E-state index is 12.8. The predicted octanol–water partition coefficient (Wildman–Crippen LogP) is 3.40. The summed E-state index contributed by atoms with van der Waals surface area (Å²) in [6, 6.07) is 17.3. The number of primary sulfonamides is 1. The molecule has 4 aromatic rings. The Morgan fingerprint density at radius 2 is 1.71 bits per heavy atom. The fraction of sp³-hybridized carbons (Fsp3) is 0.130. The average molecular weight is 495 g/mol. The number of sulfonamides is 1. The second-order valence-corrected chi connectivity index (χ2v) is 10.4. The van der Waals surface area contributed by atoms with Gasteiger partial charge in [0.15, 0.2) is 11.0 Å². The van der Waals surface area contributed by atoms with E-state index in [1.54, 1.807) is 19.3 Å². The van der Waals surface area contributed by atoms with E-state index in [1.165, 1.54) is 36.0 Å². The van der Waals surface area contributed by atoms with E-state index in [4.69, 9.17) is 5.14 Å². The van der Waals surface area contributed by atoms with Gasteiger partial charge in [0.05, 0.1) is 15.8 Å². The summed E-state index contributed by atoms with van der Waals surface area (Å²) in [4.78, 5) is 16.9. The van der Waals surface area contributed by atoms with Gasteiger partial charge in [-0.25, -0.2) is 13.6 Å². The SMILES string of the molecule is Cc1ccccc1-n1c(SC(C)C(=O)Nc2ccc(S(N)(=O)=O)cc2)nnc1-c1ccncc1. The largest absolute Gasteiger partial charge is 0.325 e. The number of nitrogens with zero attached hydrogens (tertiary/aromatic N) is 4. The van der Waals surface area contributed by atoms with E-state index in [0.29, 0.717) is 16.7 Å². The van der Waals surface area contributed by atoms with E-state index in [9.17, 15) is 13.2 Å². The van der Waals surface area contributed by atoms with Crippen LogP contribution in [0.4, 0.5) is 5.69 Å². The number of hydrogen-bond donors (Lipinski definition) is 2. The molecule has 1 unspecified atom stereocenters. The Bertz CT molecular complexity index is 1420. The fourth-order valence-corrected chi connectivity index (χ4v) is 4.63. The molecule has 9 nitrogen and oxygen atoms in total. The van der Waals surface area contributed by atoms with Crippen LogP contribution < -0.4 is 10.5 Å². The highest BCUT2D eigenvalue weighted by molar-refractivity contribution is 8.00. The first-order valence-corrected chi connectivity index (χ1v) is 12.7. The lowest BCUT2D eigenvalue weighted by Gasteiger charge is -2.15. The molecule has 174 valence electrons. The van der Waals surface area contributed by atoms with Crippen molar-refractivity contribution in [1.29, 1.82) is 0 Å². The van der Waals surface area contributed by atoms with Crippen LogP contribution in [0.2, 0.25) is 0 Å². The predicted molar refractivity (Wildman–Crippen MR) is 131 cm³/mol. The molecular formula is C23H22N6O3S2. The van der Waals surface area contributed by atoms with Gasteiger partial charge in [0.1, 0.15) is 0 Å². The Kier molecular flexibility index (Phi) is 6.77. The van der Waals surface area contributed by atoms with Gasteiger partial charge in [-0.15, -0.1) is 10.2 Å². The number of benzene rings is 2. The summed E-state index contributed by atoms with van der Waals surface area (Å²) >= 11 is 1.27. The monoisotopic (exact) mass is 494 g/mol. The van der Waals surface area contributed by atoms with E-state index in [2.05, 4.69) is 20.5 Å².